The molecule has 2 amide bonds. The third-order valence-electron chi connectivity index (χ3n) is 3.30. The molecule has 1 aromatic heterocycles. The van der Waals surface area contributed by atoms with E-state index >= 15 is 0 Å². The molecule has 0 radical (unpaired) electrons. The second-order valence-corrected chi connectivity index (χ2v) is 6.57. The Bertz CT molecular complexity index is 579. The number of carbonyl (C=O) groups is 2. The van der Waals surface area contributed by atoms with Gasteiger partial charge in [0, 0.05) is 12.5 Å². The lowest BCUT2D eigenvalue weighted by Crippen LogP contribution is -2.52. The molecule has 24 heavy (non-hydrogen) atoms. The number of hydrogen-bond donors (Lipinski definition) is 0. The van der Waals surface area contributed by atoms with E-state index in [4.69, 9.17) is 14.0 Å². The molecule has 134 valence electrons. The SMILES string of the molecule is CCCc1cc(C(=O)N2CCOCCN2C(=O)OC(C)(C)C)no1. The molecule has 0 aliphatic carbocycles. The monoisotopic (exact) mass is 339 g/mol. The Morgan fingerprint density at radius 3 is 2.54 bits per heavy atom. The van der Waals surface area contributed by atoms with Crippen LogP contribution in [-0.4, -0.2) is 59.1 Å². The number of hydrazine groups is 1. The molecule has 0 unspecified atom stereocenters. The minimum atomic E-state index is -0.652. The van der Waals surface area contributed by atoms with Gasteiger partial charge in [-0.2, -0.15) is 0 Å². The van der Waals surface area contributed by atoms with Gasteiger partial charge in [0.15, 0.2) is 5.69 Å². The molecule has 2 rings (SSSR count). The van der Waals surface area contributed by atoms with Crippen molar-refractivity contribution in [1.29, 1.82) is 0 Å². The van der Waals surface area contributed by atoms with E-state index in [2.05, 4.69) is 5.16 Å². The maximum Gasteiger partial charge on any atom is 0.429 e. The molecular weight excluding hydrogens is 314 g/mol. The molecule has 0 aromatic carbocycles. The van der Waals surface area contributed by atoms with Crippen molar-refractivity contribution in [1.82, 2.24) is 15.2 Å². The topological polar surface area (TPSA) is 85.1 Å². The van der Waals surface area contributed by atoms with Gasteiger partial charge in [0.2, 0.25) is 0 Å². The van der Waals surface area contributed by atoms with Crippen molar-refractivity contribution < 1.29 is 23.6 Å². The summed E-state index contributed by atoms with van der Waals surface area (Å²) in [5.41, 5.74) is -0.477. The lowest BCUT2D eigenvalue weighted by molar-refractivity contribution is -0.0339. The molecule has 1 fully saturated rings. The Morgan fingerprint density at radius 2 is 1.92 bits per heavy atom. The predicted octanol–water partition coefficient (Wildman–Crippen LogP) is 2.25. The average Bonchev–Trinajstić information content (AvgIpc) is 2.81. The number of ether oxygens (including phenoxy) is 2. The fourth-order valence-corrected chi connectivity index (χ4v) is 2.27. The second-order valence-electron chi connectivity index (χ2n) is 6.57. The van der Waals surface area contributed by atoms with E-state index in [0.717, 1.165) is 6.42 Å². The van der Waals surface area contributed by atoms with Gasteiger partial charge >= 0.3 is 6.09 Å². The van der Waals surface area contributed by atoms with Crippen molar-refractivity contribution in [3.63, 3.8) is 0 Å². The molecule has 1 aromatic rings. The fourth-order valence-electron chi connectivity index (χ4n) is 2.27. The third kappa shape index (κ3) is 4.70. The minimum absolute atomic E-state index is 0.175. The molecule has 8 heteroatoms. The second kappa shape index (κ2) is 7.65. The zero-order valence-corrected chi connectivity index (χ0v) is 14.7. The van der Waals surface area contributed by atoms with Gasteiger partial charge in [-0.25, -0.2) is 14.8 Å². The maximum absolute atomic E-state index is 12.7. The van der Waals surface area contributed by atoms with Gasteiger partial charge < -0.3 is 14.0 Å². The van der Waals surface area contributed by atoms with E-state index in [9.17, 15) is 9.59 Å². The van der Waals surface area contributed by atoms with E-state index in [0.29, 0.717) is 25.4 Å². The van der Waals surface area contributed by atoms with E-state index < -0.39 is 17.6 Å². The maximum atomic E-state index is 12.7. The molecule has 2 heterocycles. The van der Waals surface area contributed by atoms with Crippen LogP contribution in [0.25, 0.3) is 0 Å². The van der Waals surface area contributed by atoms with Gasteiger partial charge in [0.05, 0.1) is 26.3 Å². The first-order valence-corrected chi connectivity index (χ1v) is 8.17. The minimum Gasteiger partial charge on any atom is -0.442 e. The Morgan fingerprint density at radius 1 is 1.25 bits per heavy atom. The highest BCUT2D eigenvalue weighted by molar-refractivity contribution is 5.93. The predicted molar refractivity (Wildman–Crippen MR) is 85.3 cm³/mol. The Labute approximate surface area is 141 Å². The van der Waals surface area contributed by atoms with E-state index in [1.54, 1.807) is 26.8 Å². The lowest BCUT2D eigenvalue weighted by atomic mass is 10.2. The average molecular weight is 339 g/mol. The summed E-state index contributed by atoms with van der Waals surface area (Å²) in [6.45, 7) is 8.50. The number of rotatable bonds is 3. The van der Waals surface area contributed by atoms with Crippen molar-refractivity contribution in [2.75, 3.05) is 26.3 Å². The number of carbonyl (C=O) groups excluding carboxylic acids is 2. The van der Waals surface area contributed by atoms with Crippen molar-refractivity contribution in [3.05, 3.63) is 17.5 Å². The highest BCUT2D eigenvalue weighted by Gasteiger charge is 2.33. The Balaban J connectivity index is 2.18. The molecule has 1 aliphatic rings. The summed E-state index contributed by atoms with van der Waals surface area (Å²) in [7, 11) is 0. The summed E-state index contributed by atoms with van der Waals surface area (Å²) >= 11 is 0. The summed E-state index contributed by atoms with van der Waals surface area (Å²) in [4.78, 5) is 25.2. The van der Waals surface area contributed by atoms with Crippen LogP contribution in [0.5, 0.6) is 0 Å². The molecule has 0 spiro atoms. The van der Waals surface area contributed by atoms with Gasteiger partial charge in [0.1, 0.15) is 11.4 Å². The first-order valence-electron chi connectivity index (χ1n) is 8.17. The molecule has 8 nitrogen and oxygen atoms in total. The standard InChI is InChI=1S/C16H25N3O5/c1-5-6-12-11-13(17-24-12)14(20)18-7-9-22-10-8-19(18)15(21)23-16(2,3)4/h11H,5-10H2,1-4H3. The van der Waals surface area contributed by atoms with Gasteiger partial charge in [-0.3, -0.25) is 4.79 Å². The molecular formula is C16H25N3O5. The van der Waals surface area contributed by atoms with Crippen LogP contribution in [0.1, 0.15) is 50.4 Å². The largest absolute Gasteiger partial charge is 0.442 e. The quantitative estimate of drug-likeness (QED) is 0.840. The third-order valence-corrected chi connectivity index (χ3v) is 3.30. The van der Waals surface area contributed by atoms with Gasteiger partial charge in [-0.1, -0.05) is 12.1 Å². The molecule has 0 saturated carbocycles. The highest BCUT2D eigenvalue weighted by Crippen LogP contribution is 2.16. The molecule has 0 bridgehead atoms. The number of aromatic nitrogens is 1. The van der Waals surface area contributed by atoms with E-state index in [1.807, 2.05) is 6.92 Å². The van der Waals surface area contributed by atoms with Gasteiger partial charge in [0.25, 0.3) is 5.91 Å². The van der Waals surface area contributed by atoms with Crippen LogP contribution < -0.4 is 0 Å². The number of hydrogen-bond acceptors (Lipinski definition) is 6. The summed E-state index contributed by atoms with van der Waals surface area (Å²) in [5, 5.41) is 6.41. The summed E-state index contributed by atoms with van der Waals surface area (Å²) in [6, 6.07) is 1.62. The van der Waals surface area contributed by atoms with Crippen LogP contribution >= 0.6 is 0 Å². The van der Waals surface area contributed by atoms with E-state index in [1.165, 1.54) is 10.0 Å². The van der Waals surface area contributed by atoms with Gasteiger partial charge in [-0.05, 0) is 27.2 Å². The molecule has 1 saturated heterocycles. The van der Waals surface area contributed by atoms with Crippen LogP contribution in [0.15, 0.2) is 10.6 Å². The molecule has 0 N–H and O–H groups in total. The van der Waals surface area contributed by atoms with Crippen molar-refractivity contribution in [2.24, 2.45) is 0 Å². The summed E-state index contributed by atoms with van der Waals surface area (Å²) < 4.78 is 15.9. The van der Waals surface area contributed by atoms with Crippen molar-refractivity contribution >= 4 is 12.0 Å². The number of amides is 2. The zero-order chi connectivity index (χ0) is 17.7. The first-order chi connectivity index (χ1) is 11.3. The number of aryl methyl sites for hydroxylation is 1. The van der Waals surface area contributed by atoms with Crippen LogP contribution in [-0.2, 0) is 15.9 Å². The normalized spacial score (nSPS) is 16.0. The molecule has 1 aliphatic heterocycles. The molecule has 0 atom stereocenters. The summed E-state index contributed by atoms with van der Waals surface area (Å²) in [6.07, 6.45) is 1.02. The van der Waals surface area contributed by atoms with Crippen molar-refractivity contribution in [3.8, 4) is 0 Å². The van der Waals surface area contributed by atoms with Crippen LogP contribution in [0.2, 0.25) is 0 Å². The Hall–Kier alpha value is -2.09. The van der Waals surface area contributed by atoms with Gasteiger partial charge in [-0.15, -0.1) is 0 Å². The van der Waals surface area contributed by atoms with Crippen LogP contribution in [0.4, 0.5) is 4.79 Å². The summed E-state index contributed by atoms with van der Waals surface area (Å²) in [5.74, 6) is 0.244. The zero-order valence-electron chi connectivity index (χ0n) is 14.7. The fraction of sp³-hybridized carbons (Fsp3) is 0.688. The highest BCUT2D eigenvalue weighted by atomic mass is 16.6. The van der Waals surface area contributed by atoms with Crippen molar-refractivity contribution in [2.45, 2.75) is 46.1 Å². The van der Waals surface area contributed by atoms with Crippen LogP contribution in [0, 0.1) is 0 Å². The first kappa shape index (κ1) is 18.3. The van der Waals surface area contributed by atoms with Crippen LogP contribution in [0.3, 0.4) is 0 Å². The lowest BCUT2D eigenvalue weighted by Gasteiger charge is -2.33. The number of nitrogens with zero attached hydrogens (tertiary/aromatic N) is 3. The Kier molecular flexibility index (Phi) is 5.82. The smallest absolute Gasteiger partial charge is 0.429 e. The van der Waals surface area contributed by atoms with E-state index in [-0.39, 0.29) is 18.8 Å².